The van der Waals surface area contributed by atoms with E-state index in [9.17, 15) is 17.6 Å². The van der Waals surface area contributed by atoms with Gasteiger partial charge in [0.15, 0.2) is 0 Å². The minimum Gasteiger partial charge on any atom is -0.478 e. The fraction of sp³-hybridized carbons (Fsp3) is 0.562. The molecule has 1 aliphatic heterocycles. The van der Waals surface area contributed by atoms with Crippen molar-refractivity contribution in [3.63, 3.8) is 0 Å². The van der Waals surface area contributed by atoms with Crippen LogP contribution in [0, 0.1) is 11.7 Å². The van der Waals surface area contributed by atoms with Gasteiger partial charge in [-0.05, 0) is 37.1 Å². The summed E-state index contributed by atoms with van der Waals surface area (Å²) in [6.07, 6.45) is 1.06. The first kappa shape index (κ1) is 18.8. The lowest BCUT2D eigenvalue weighted by Crippen LogP contribution is -2.48. The van der Waals surface area contributed by atoms with Crippen LogP contribution < -0.4 is 0 Å². The van der Waals surface area contributed by atoms with E-state index < -0.39 is 27.4 Å². The molecule has 2 rings (SSSR count). The Morgan fingerprint density at radius 1 is 1.25 bits per heavy atom. The van der Waals surface area contributed by atoms with Gasteiger partial charge in [0.05, 0.1) is 10.5 Å². The number of piperazine rings is 1. The van der Waals surface area contributed by atoms with E-state index in [1.54, 1.807) is 0 Å². The standard InChI is InChI=1S/C16H23FN2O4S/c1-12(2)5-6-18-7-9-19(10-8-18)24(22,23)13-3-4-15(17)14(11-13)16(20)21/h3-4,11-12H,5-10H2,1-2H3,(H,20,21). The Hall–Kier alpha value is -1.51. The highest BCUT2D eigenvalue weighted by molar-refractivity contribution is 7.89. The van der Waals surface area contributed by atoms with Crippen LogP contribution in [0.3, 0.4) is 0 Å². The zero-order valence-corrected chi connectivity index (χ0v) is 14.7. The van der Waals surface area contributed by atoms with E-state index >= 15 is 0 Å². The van der Waals surface area contributed by atoms with E-state index in [0.29, 0.717) is 32.1 Å². The summed E-state index contributed by atoms with van der Waals surface area (Å²) in [5.41, 5.74) is -0.633. The minimum atomic E-state index is -3.81. The topological polar surface area (TPSA) is 77.9 Å². The van der Waals surface area contributed by atoms with Crippen LogP contribution in [0.1, 0.15) is 30.6 Å². The van der Waals surface area contributed by atoms with Crippen molar-refractivity contribution in [1.82, 2.24) is 9.21 Å². The lowest BCUT2D eigenvalue weighted by molar-refractivity contribution is 0.0691. The maximum Gasteiger partial charge on any atom is 0.338 e. The van der Waals surface area contributed by atoms with Gasteiger partial charge in [0.1, 0.15) is 5.82 Å². The average molecular weight is 358 g/mol. The monoisotopic (exact) mass is 358 g/mol. The first-order valence-corrected chi connectivity index (χ1v) is 9.41. The minimum absolute atomic E-state index is 0.183. The molecule has 1 saturated heterocycles. The number of carbonyl (C=O) groups is 1. The molecule has 1 aliphatic rings. The van der Waals surface area contributed by atoms with Crippen LogP contribution in [0.4, 0.5) is 4.39 Å². The summed E-state index contributed by atoms with van der Waals surface area (Å²) in [6, 6.07) is 2.88. The number of benzene rings is 1. The summed E-state index contributed by atoms with van der Waals surface area (Å²) < 4.78 is 40.1. The Balaban J connectivity index is 2.09. The lowest BCUT2D eigenvalue weighted by Gasteiger charge is -2.34. The third-order valence-corrected chi connectivity index (χ3v) is 6.05. The molecule has 24 heavy (non-hydrogen) atoms. The maximum absolute atomic E-state index is 13.5. The van der Waals surface area contributed by atoms with Gasteiger partial charge in [0, 0.05) is 26.2 Å². The van der Waals surface area contributed by atoms with E-state index in [-0.39, 0.29) is 4.90 Å². The number of hydrogen-bond acceptors (Lipinski definition) is 4. The molecule has 6 nitrogen and oxygen atoms in total. The summed E-state index contributed by atoms with van der Waals surface area (Å²) in [7, 11) is -3.81. The molecular formula is C16H23FN2O4S. The molecule has 0 saturated carbocycles. The third-order valence-electron chi connectivity index (χ3n) is 4.16. The van der Waals surface area contributed by atoms with Crippen molar-refractivity contribution >= 4 is 16.0 Å². The molecule has 1 aromatic rings. The van der Waals surface area contributed by atoms with Crippen molar-refractivity contribution in [3.8, 4) is 0 Å². The Labute approximate surface area is 141 Å². The Kier molecular flexibility index (Phi) is 5.95. The molecule has 134 valence electrons. The molecule has 1 fully saturated rings. The van der Waals surface area contributed by atoms with Crippen molar-refractivity contribution in [3.05, 3.63) is 29.6 Å². The van der Waals surface area contributed by atoms with Crippen molar-refractivity contribution in [2.24, 2.45) is 5.92 Å². The second-order valence-electron chi connectivity index (χ2n) is 6.38. The molecule has 0 atom stereocenters. The van der Waals surface area contributed by atoms with Gasteiger partial charge in [-0.15, -0.1) is 0 Å². The fourth-order valence-corrected chi connectivity index (χ4v) is 4.06. The summed E-state index contributed by atoms with van der Waals surface area (Å²) in [6.45, 7) is 7.20. The number of hydrogen-bond donors (Lipinski definition) is 1. The van der Waals surface area contributed by atoms with Crippen molar-refractivity contribution in [2.45, 2.75) is 25.2 Å². The summed E-state index contributed by atoms with van der Waals surface area (Å²) >= 11 is 0. The van der Waals surface area contributed by atoms with Gasteiger partial charge in [-0.25, -0.2) is 17.6 Å². The van der Waals surface area contributed by atoms with Crippen LogP contribution in [0.2, 0.25) is 0 Å². The van der Waals surface area contributed by atoms with Crippen molar-refractivity contribution in [1.29, 1.82) is 0 Å². The van der Waals surface area contributed by atoms with Gasteiger partial charge in [0.2, 0.25) is 10.0 Å². The molecule has 1 heterocycles. The first-order chi connectivity index (χ1) is 11.2. The molecule has 0 bridgehead atoms. The van der Waals surface area contributed by atoms with Gasteiger partial charge in [0.25, 0.3) is 0 Å². The third kappa shape index (κ3) is 4.31. The second-order valence-corrected chi connectivity index (χ2v) is 8.31. The van der Waals surface area contributed by atoms with E-state index in [4.69, 9.17) is 5.11 Å². The normalized spacial score (nSPS) is 17.3. The van der Waals surface area contributed by atoms with E-state index in [1.807, 2.05) is 0 Å². The predicted octanol–water partition coefficient (Wildman–Crippen LogP) is 1.88. The molecule has 1 N–H and O–H groups in total. The number of rotatable bonds is 6. The van der Waals surface area contributed by atoms with Crippen molar-refractivity contribution in [2.75, 3.05) is 32.7 Å². The maximum atomic E-state index is 13.5. The molecule has 1 aromatic carbocycles. The van der Waals surface area contributed by atoms with Gasteiger partial charge >= 0.3 is 5.97 Å². The van der Waals surface area contributed by atoms with E-state index in [1.165, 1.54) is 4.31 Å². The summed E-state index contributed by atoms with van der Waals surface area (Å²) in [5, 5.41) is 8.95. The Bertz CT molecular complexity index is 698. The van der Waals surface area contributed by atoms with Crippen molar-refractivity contribution < 1.29 is 22.7 Å². The highest BCUT2D eigenvalue weighted by Gasteiger charge is 2.29. The SMILES string of the molecule is CC(C)CCN1CCN(S(=O)(=O)c2ccc(F)c(C(=O)O)c2)CC1. The van der Waals surface area contributed by atoms with Crippen LogP contribution in [0.25, 0.3) is 0 Å². The molecule has 8 heteroatoms. The van der Waals surface area contributed by atoms with Gasteiger partial charge in [-0.2, -0.15) is 4.31 Å². The molecule has 0 amide bonds. The number of carboxylic acid groups (broad SMARTS) is 1. The van der Waals surface area contributed by atoms with Crippen LogP contribution >= 0.6 is 0 Å². The summed E-state index contributed by atoms with van der Waals surface area (Å²) in [4.78, 5) is 13.0. The number of nitrogens with zero attached hydrogens (tertiary/aromatic N) is 2. The van der Waals surface area contributed by atoms with Gasteiger partial charge in [-0.1, -0.05) is 13.8 Å². The highest BCUT2D eigenvalue weighted by Crippen LogP contribution is 2.21. The van der Waals surface area contributed by atoms with Gasteiger partial charge < -0.3 is 10.0 Å². The second kappa shape index (κ2) is 7.58. The van der Waals surface area contributed by atoms with Crippen LogP contribution in [-0.2, 0) is 10.0 Å². The molecule has 0 radical (unpaired) electrons. The molecule has 0 aliphatic carbocycles. The number of aromatic carboxylic acids is 1. The fourth-order valence-electron chi connectivity index (χ4n) is 2.61. The zero-order valence-electron chi connectivity index (χ0n) is 13.9. The number of sulfonamides is 1. The molecule has 0 aromatic heterocycles. The smallest absolute Gasteiger partial charge is 0.338 e. The highest BCUT2D eigenvalue weighted by atomic mass is 32.2. The van der Waals surface area contributed by atoms with Crippen LogP contribution in [0.15, 0.2) is 23.1 Å². The van der Waals surface area contributed by atoms with Crippen LogP contribution in [-0.4, -0.2) is 61.4 Å². The van der Waals surface area contributed by atoms with E-state index in [0.717, 1.165) is 31.2 Å². The van der Waals surface area contributed by atoms with E-state index in [2.05, 4.69) is 18.7 Å². The molecular weight excluding hydrogens is 335 g/mol. The Morgan fingerprint density at radius 3 is 2.42 bits per heavy atom. The molecule has 0 spiro atoms. The van der Waals surface area contributed by atoms with Crippen LogP contribution in [0.5, 0.6) is 0 Å². The number of halogens is 1. The largest absolute Gasteiger partial charge is 0.478 e. The molecule has 0 unspecified atom stereocenters. The lowest BCUT2D eigenvalue weighted by atomic mass is 10.1. The zero-order chi connectivity index (χ0) is 17.9. The van der Waals surface area contributed by atoms with Gasteiger partial charge in [-0.3, -0.25) is 0 Å². The summed E-state index contributed by atoms with van der Waals surface area (Å²) in [5.74, 6) is -1.83. The predicted molar refractivity (Wildman–Crippen MR) is 88.0 cm³/mol. The quantitative estimate of drug-likeness (QED) is 0.840. The first-order valence-electron chi connectivity index (χ1n) is 7.97. The Morgan fingerprint density at radius 2 is 1.88 bits per heavy atom. The average Bonchev–Trinajstić information content (AvgIpc) is 2.53. The number of carboxylic acids is 1.